The van der Waals surface area contributed by atoms with Crippen LogP contribution in [0.25, 0.3) is 0 Å². The molecule has 0 aromatic heterocycles. The van der Waals surface area contributed by atoms with Gasteiger partial charge in [0.15, 0.2) is 0 Å². The zero-order valence-electron chi connectivity index (χ0n) is 13.2. The van der Waals surface area contributed by atoms with Crippen molar-refractivity contribution in [3.8, 4) is 11.5 Å². The van der Waals surface area contributed by atoms with Crippen LogP contribution < -0.4 is 4.74 Å². The molecule has 0 bridgehead atoms. The van der Waals surface area contributed by atoms with E-state index in [0.717, 1.165) is 12.8 Å². The number of carbonyl (C=O) groups is 1. The number of nitrogens with zero attached hydrogens (tertiary/aromatic N) is 2. The third-order valence-electron chi connectivity index (χ3n) is 4.55. The van der Waals surface area contributed by atoms with Crippen LogP contribution in [0.4, 0.5) is 0 Å². The fourth-order valence-corrected chi connectivity index (χ4v) is 2.86. The van der Waals surface area contributed by atoms with Gasteiger partial charge in [-0.3, -0.25) is 4.79 Å². The molecule has 0 aliphatic heterocycles. The Morgan fingerprint density at radius 2 is 2.00 bits per heavy atom. The zero-order valence-corrected chi connectivity index (χ0v) is 13.2. The Kier molecular flexibility index (Phi) is 4.42. The Bertz CT molecular complexity index is 524. The minimum atomic E-state index is -0.181. The van der Waals surface area contributed by atoms with Gasteiger partial charge in [0.25, 0.3) is 5.91 Å². The standard InChI is InChI=1S/C16H24N2O3/c1-17(2)16(8-5-9-16)11-18(3)15(20)13-10-12(21-4)6-7-14(13)19/h6-7,10,19H,5,8-9,11H2,1-4H3. The highest BCUT2D eigenvalue weighted by atomic mass is 16.5. The number of amides is 1. The summed E-state index contributed by atoms with van der Waals surface area (Å²) in [5.41, 5.74) is 0.351. The van der Waals surface area contributed by atoms with Gasteiger partial charge < -0.3 is 19.6 Å². The molecular formula is C16H24N2O3. The summed E-state index contributed by atoms with van der Waals surface area (Å²) in [6.07, 6.45) is 3.40. The summed E-state index contributed by atoms with van der Waals surface area (Å²) in [5.74, 6) is 0.371. The van der Waals surface area contributed by atoms with Gasteiger partial charge in [0.1, 0.15) is 11.5 Å². The second-order valence-corrected chi connectivity index (χ2v) is 6.02. The number of carbonyl (C=O) groups excluding carboxylic acids is 1. The van der Waals surface area contributed by atoms with Crippen molar-refractivity contribution in [2.75, 3.05) is 34.8 Å². The van der Waals surface area contributed by atoms with Crippen LogP contribution in [0.15, 0.2) is 18.2 Å². The normalized spacial score (nSPS) is 16.4. The number of rotatable bonds is 5. The van der Waals surface area contributed by atoms with Crippen LogP contribution in [0.1, 0.15) is 29.6 Å². The van der Waals surface area contributed by atoms with E-state index in [9.17, 15) is 9.90 Å². The number of hydrogen-bond donors (Lipinski definition) is 1. The predicted molar refractivity (Wildman–Crippen MR) is 81.9 cm³/mol. The first kappa shape index (κ1) is 15.6. The topological polar surface area (TPSA) is 53.0 Å². The summed E-state index contributed by atoms with van der Waals surface area (Å²) in [6, 6.07) is 4.71. The molecule has 1 aliphatic rings. The van der Waals surface area contributed by atoms with E-state index in [2.05, 4.69) is 19.0 Å². The number of phenolic OH excluding ortho intramolecular Hbond substituents is 1. The van der Waals surface area contributed by atoms with Crippen molar-refractivity contribution in [2.45, 2.75) is 24.8 Å². The monoisotopic (exact) mass is 292 g/mol. The van der Waals surface area contributed by atoms with Crippen LogP contribution >= 0.6 is 0 Å². The van der Waals surface area contributed by atoms with Crippen LogP contribution in [-0.4, -0.2) is 61.2 Å². The zero-order chi connectivity index (χ0) is 15.6. The molecule has 1 fully saturated rings. The van der Waals surface area contributed by atoms with Gasteiger partial charge in [-0.2, -0.15) is 0 Å². The van der Waals surface area contributed by atoms with E-state index in [1.54, 1.807) is 31.2 Å². The molecule has 0 radical (unpaired) electrons. The lowest BCUT2D eigenvalue weighted by Crippen LogP contribution is -2.57. The molecule has 1 amide bonds. The van der Waals surface area contributed by atoms with Crippen molar-refractivity contribution in [1.82, 2.24) is 9.80 Å². The summed E-state index contributed by atoms with van der Waals surface area (Å²) in [4.78, 5) is 16.5. The Hall–Kier alpha value is -1.75. The highest BCUT2D eigenvalue weighted by Gasteiger charge is 2.40. The second-order valence-electron chi connectivity index (χ2n) is 6.02. The molecule has 2 rings (SSSR count). The minimum Gasteiger partial charge on any atom is -0.507 e. The number of methoxy groups -OCH3 is 1. The van der Waals surface area contributed by atoms with Gasteiger partial charge >= 0.3 is 0 Å². The summed E-state index contributed by atoms with van der Waals surface area (Å²) >= 11 is 0. The average molecular weight is 292 g/mol. The Balaban J connectivity index is 2.16. The minimum absolute atomic E-state index is 0.0137. The number of aromatic hydroxyl groups is 1. The first-order valence-corrected chi connectivity index (χ1v) is 7.19. The van der Waals surface area contributed by atoms with Crippen molar-refractivity contribution in [3.05, 3.63) is 23.8 Å². The highest BCUT2D eigenvalue weighted by Crippen LogP contribution is 2.37. The van der Waals surface area contributed by atoms with Crippen molar-refractivity contribution in [1.29, 1.82) is 0 Å². The predicted octanol–water partition coefficient (Wildman–Crippen LogP) is 1.96. The van der Waals surface area contributed by atoms with Crippen molar-refractivity contribution in [2.24, 2.45) is 0 Å². The molecule has 0 atom stereocenters. The maximum atomic E-state index is 12.6. The van der Waals surface area contributed by atoms with E-state index in [0.29, 0.717) is 12.3 Å². The highest BCUT2D eigenvalue weighted by molar-refractivity contribution is 5.97. The van der Waals surface area contributed by atoms with Crippen molar-refractivity contribution < 1.29 is 14.6 Å². The molecule has 1 saturated carbocycles. The largest absolute Gasteiger partial charge is 0.507 e. The molecule has 1 N–H and O–H groups in total. The summed E-state index contributed by atoms with van der Waals surface area (Å²) in [6.45, 7) is 0.662. The van der Waals surface area contributed by atoms with Crippen LogP contribution in [0, 0.1) is 0 Å². The van der Waals surface area contributed by atoms with E-state index in [1.165, 1.54) is 12.5 Å². The number of likely N-dealkylation sites (N-methyl/N-ethyl adjacent to an activating group) is 2. The smallest absolute Gasteiger partial charge is 0.257 e. The van der Waals surface area contributed by atoms with Gasteiger partial charge in [-0.1, -0.05) is 0 Å². The molecule has 0 saturated heterocycles. The molecule has 1 aromatic rings. The van der Waals surface area contributed by atoms with E-state index >= 15 is 0 Å². The lowest BCUT2D eigenvalue weighted by atomic mass is 9.75. The molecule has 5 heteroatoms. The van der Waals surface area contributed by atoms with Gasteiger partial charge in [-0.05, 0) is 51.6 Å². The third kappa shape index (κ3) is 2.97. The Morgan fingerprint density at radius 3 is 2.48 bits per heavy atom. The summed E-state index contributed by atoms with van der Waals surface area (Å²) in [7, 11) is 7.44. The summed E-state index contributed by atoms with van der Waals surface area (Å²) in [5, 5.41) is 9.91. The quantitative estimate of drug-likeness (QED) is 0.901. The second kappa shape index (κ2) is 5.93. The number of ether oxygens (including phenoxy) is 1. The maximum Gasteiger partial charge on any atom is 0.257 e. The van der Waals surface area contributed by atoms with Gasteiger partial charge in [-0.25, -0.2) is 0 Å². The van der Waals surface area contributed by atoms with Crippen LogP contribution in [0.3, 0.4) is 0 Å². The number of benzene rings is 1. The van der Waals surface area contributed by atoms with E-state index in [4.69, 9.17) is 4.74 Å². The number of phenols is 1. The fraction of sp³-hybridized carbons (Fsp3) is 0.562. The van der Waals surface area contributed by atoms with Crippen molar-refractivity contribution in [3.63, 3.8) is 0 Å². The summed E-state index contributed by atoms with van der Waals surface area (Å²) < 4.78 is 5.12. The molecule has 116 valence electrons. The van der Waals surface area contributed by atoms with Crippen LogP contribution in [-0.2, 0) is 0 Å². The van der Waals surface area contributed by atoms with Crippen molar-refractivity contribution >= 4 is 5.91 Å². The molecule has 5 nitrogen and oxygen atoms in total. The fourth-order valence-electron chi connectivity index (χ4n) is 2.86. The molecular weight excluding hydrogens is 268 g/mol. The average Bonchev–Trinajstić information content (AvgIpc) is 2.42. The van der Waals surface area contributed by atoms with Gasteiger partial charge in [0, 0.05) is 19.1 Å². The molecule has 1 aliphatic carbocycles. The first-order chi connectivity index (χ1) is 9.89. The molecule has 0 heterocycles. The molecule has 1 aromatic carbocycles. The SMILES string of the molecule is COc1ccc(O)c(C(=O)N(C)CC2(N(C)C)CCC2)c1. The number of hydrogen-bond acceptors (Lipinski definition) is 4. The Morgan fingerprint density at radius 1 is 1.33 bits per heavy atom. The van der Waals surface area contributed by atoms with Crippen LogP contribution in [0.2, 0.25) is 0 Å². The molecule has 0 spiro atoms. The molecule has 0 unspecified atom stereocenters. The van der Waals surface area contributed by atoms with Gasteiger partial charge in [0.2, 0.25) is 0 Å². The lowest BCUT2D eigenvalue weighted by molar-refractivity contribution is 0.0251. The molecule has 21 heavy (non-hydrogen) atoms. The van der Waals surface area contributed by atoms with E-state index in [1.807, 2.05) is 0 Å². The Labute approximate surface area is 126 Å². The van der Waals surface area contributed by atoms with Gasteiger partial charge in [-0.15, -0.1) is 0 Å². The van der Waals surface area contributed by atoms with E-state index < -0.39 is 0 Å². The first-order valence-electron chi connectivity index (χ1n) is 7.19. The van der Waals surface area contributed by atoms with Crippen LogP contribution in [0.5, 0.6) is 11.5 Å². The maximum absolute atomic E-state index is 12.6. The third-order valence-corrected chi connectivity index (χ3v) is 4.55. The van der Waals surface area contributed by atoms with E-state index in [-0.39, 0.29) is 22.8 Å². The van der Waals surface area contributed by atoms with Gasteiger partial charge in [0.05, 0.1) is 12.7 Å². The lowest BCUT2D eigenvalue weighted by Gasteiger charge is -2.49.